The average Bonchev–Trinajstić information content (AvgIpc) is 3.09. The highest BCUT2D eigenvalue weighted by Crippen LogP contribution is 2.31. The van der Waals surface area contributed by atoms with E-state index in [-0.39, 0.29) is 11.7 Å². The summed E-state index contributed by atoms with van der Waals surface area (Å²) in [5.41, 5.74) is 0.441. The van der Waals surface area contributed by atoms with Gasteiger partial charge in [0.2, 0.25) is 5.91 Å². The highest BCUT2D eigenvalue weighted by Gasteiger charge is 2.20. The minimum Gasteiger partial charge on any atom is -0.505 e. The van der Waals surface area contributed by atoms with Gasteiger partial charge in [-0.15, -0.1) is 0 Å². The second kappa shape index (κ2) is 5.51. The van der Waals surface area contributed by atoms with Gasteiger partial charge in [0.25, 0.3) is 0 Å². The number of anilines is 1. The maximum absolute atomic E-state index is 11.6. The lowest BCUT2D eigenvalue weighted by Gasteiger charge is -2.08. The zero-order valence-corrected chi connectivity index (χ0v) is 11.0. The predicted octanol–water partition coefficient (Wildman–Crippen LogP) is 2.24. The fraction of sp³-hybridized carbons (Fsp3) is 0.417. The van der Waals surface area contributed by atoms with Crippen LogP contribution in [0.15, 0.2) is 22.7 Å². The Labute approximate surface area is 109 Å². The third-order valence-electron chi connectivity index (χ3n) is 2.62. The summed E-state index contributed by atoms with van der Waals surface area (Å²) in [6.07, 6.45) is 2.85. The SMILES string of the molecule is O=C(CCNC1CC1)Nc1cccc(Br)c1O. The van der Waals surface area contributed by atoms with Crippen LogP contribution in [0.5, 0.6) is 5.75 Å². The van der Waals surface area contributed by atoms with Crippen molar-refractivity contribution in [3.05, 3.63) is 22.7 Å². The van der Waals surface area contributed by atoms with E-state index in [1.54, 1.807) is 18.2 Å². The van der Waals surface area contributed by atoms with Crippen molar-refractivity contribution in [3.63, 3.8) is 0 Å². The molecule has 92 valence electrons. The quantitative estimate of drug-likeness (QED) is 0.731. The van der Waals surface area contributed by atoms with E-state index in [0.717, 1.165) is 0 Å². The number of halogens is 1. The van der Waals surface area contributed by atoms with Crippen LogP contribution in [0.25, 0.3) is 0 Å². The molecule has 1 saturated carbocycles. The van der Waals surface area contributed by atoms with Gasteiger partial charge in [0.15, 0.2) is 5.75 Å². The van der Waals surface area contributed by atoms with Crippen molar-refractivity contribution in [3.8, 4) is 5.75 Å². The molecule has 0 saturated heterocycles. The molecule has 1 fully saturated rings. The number of carbonyl (C=O) groups excluding carboxylic acids is 1. The number of hydrogen-bond acceptors (Lipinski definition) is 3. The third kappa shape index (κ3) is 3.71. The smallest absolute Gasteiger partial charge is 0.225 e. The Hall–Kier alpha value is -1.07. The molecule has 1 aromatic rings. The van der Waals surface area contributed by atoms with Crippen LogP contribution in [-0.4, -0.2) is 23.6 Å². The lowest BCUT2D eigenvalue weighted by molar-refractivity contribution is -0.116. The molecular formula is C12H15BrN2O2. The molecule has 0 bridgehead atoms. The minimum atomic E-state index is -0.0912. The van der Waals surface area contributed by atoms with Gasteiger partial charge < -0.3 is 15.7 Å². The predicted molar refractivity (Wildman–Crippen MR) is 70.1 cm³/mol. The fourth-order valence-electron chi connectivity index (χ4n) is 1.51. The molecule has 1 aliphatic carbocycles. The summed E-state index contributed by atoms with van der Waals surface area (Å²) in [5.74, 6) is -0.0254. The van der Waals surface area contributed by atoms with Crippen molar-refractivity contribution in [1.82, 2.24) is 5.32 Å². The van der Waals surface area contributed by atoms with E-state index in [0.29, 0.717) is 29.2 Å². The summed E-state index contributed by atoms with van der Waals surface area (Å²) in [6, 6.07) is 5.77. The van der Waals surface area contributed by atoms with Gasteiger partial charge in [0.1, 0.15) is 0 Å². The van der Waals surface area contributed by atoms with Gasteiger partial charge in [-0.2, -0.15) is 0 Å². The molecule has 0 aromatic heterocycles. The lowest BCUT2D eigenvalue weighted by atomic mass is 10.3. The van der Waals surface area contributed by atoms with Gasteiger partial charge in [-0.3, -0.25) is 4.79 Å². The number of phenolic OH excluding ortho intramolecular Hbond substituents is 1. The number of phenols is 1. The summed E-state index contributed by atoms with van der Waals surface area (Å²) >= 11 is 3.20. The zero-order valence-electron chi connectivity index (χ0n) is 9.37. The van der Waals surface area contributed by atoms with E-state index in [1.807, 2.05) is 0 Å². The summed E-state index contributed by atoms with van der Waals surface area (Å²) in [4.78, 5) is 11.6. The van der Waals surface area contributed by atoms with Crippen LogP contribution in [0.2, 0.25) is 0 Å². The average molecular weight is 299 g/mol. The number of para-hydroxylation sites is 1. The molecule has 0 spiro atoms. The Balaban J connectivity index is 1.82. The Morgan fingerprint density at radius 2 is 2.24 bits per heavy atom. The molecule has 0 aliphatic heterocycles. The Morgan fingerprint density at radius 1 is 1.47 bits per heavy atom. The highest BCUT2D eigenvalue weighted by molar-refractivity contribution is 9.10. The van der Waals surface area contributed by atoms with E-state index in [2.05, 4.69) is 26.6 Å². The maximum atomic E-state index is 11.6. The van der Waals surface area contributed by atoms with Crippen LogP contribution in [0.4, 0.5) is 5.69 Å². The molecule has 0 radical (unpaired) electrons. The van der Waals surface area contributed by atoms with E-state index in [4.69, 9.17) is 0 Å². The molecule has 4 nitrogen and oxygen atoms in total. The normalized spacial score (nSPS) is 14.6. The van der Waals surface area contributed by atoms with E-state index in [1.165, 1.54) is 12.8 Å². The standard InChI is InChI=1S/C12H15BrN2O2/c13-9-2-1-3-10(12(9)17)15-11(16)6-7-14-8-4-5-8/h1-3,8,14,17H,4-7H2,(H,15,16). The van der Waals surface area contributed by atoms with Crippen molar-refractivity contribution in [2.45, 2.75) is 25.3 Å². The van der Waals surface area contributed by atoms with Crippen LogP contribution in [0.3, 0.4) is 0 Å². The van der Waals surface area contributed by atoms with E-state index < -0.39 is 0 Å². The molecule has 1 aliphatic rings. The molecule has 1 aromatic carbocycles. The van der Waals surface area contributed by atoms with Gasteiger partial charge in [0.05, 0.1) is 10.2 Å². The second-order valence-corrected chi connectivity index (χ2v) is 5.02. The first-order valence-corrected chi connectivity index (χ1v) is 6.47. The largest absolute Gasteiger partial charge is 0.505 e. The van der Waals surface area contributed by atoms with Gasteiger partial charge in [-0.25, -0.2) is 0 Å². The molecule has 3 N–H and O–H groups in total. The Morgan fingerprint density at radius 3 is 2.94 bits per heavy atom. The van der Waals surface area contributed by atoms with Crippen LogP contribution in [0.1, 0.15) is 19.3 Å². The van der Waals surface area contributed by atoms with E-state index >= 15 is 0 Å². The number of carbonyl (C=O) groups is 1. The Kier molecular flexibility index (Phi) is 4.02. The molecular weight excluding hydrogens is 284 g/mol. The third-order valence-corrected chi connectivity index (χ3v) is 3.26. The zero-order chi connectivity index (χ0) is 12.3. The van der Waals surface area contributed by atoms with Crippen molar-refractivity contribution in [1.29, 1.82) is 0 Å². The Bertz CT molecular complexity index is 419. The molecule has 5 heteroatoms. The summed E-state index contributed by atoms with van der Waals surface area (Å²) in [6.45, 7) is 0.686. The first-order chi connectivity index (χ1) is 8.16. The summed E-state index contributed by atoms with van der Waals surface area (Å²) < 4.78 is 0.575. The molecule has 1 amide bonds. The molecule has 0 atom stereocenters. The second-order valence-electron chi connectivity index (χ2n) is 4.16. The topological polar surface area (TPSA) is 61.4 Å². The molecule has 2 rings (SSSR count). The molecule has 17 heavy (non-hydrogen) atoms. The van der Waals surface area contributed by atoms with Crippen molar-refractivity contribution >= 4 is 27.5 Å². The number of benzene rings is 1. The summed E-state index contributed by atoms with van der Waals surface area (Å²) in [5, 5.41) is 15.6. The van der Waals surface area contributed by atoms with Crippen molar-refractivity contribution in [2.75, 3.05) is 11.9 Å². The van der Waals surface area contributed by atoms with Crippen LogP contribution in [-0.2, 0) is 4.79 Å². The number of amides is 1. The highest BCUT2D eigenvalue weighted by atomic mass is 79.9. The monoisotopic (exact) mass is 298 g/mol. The van der Waals surface area contributed by atoms with Gasteiger partial charge in [0, 0.05) is 19.0 Å². The van der Waals surface area contributed by atoms with Gasteiger partial charge in [-0.05, 0) is 40.9 Å². The van der Waals surface area contributed by atoms with Crippen molar-refractivity contribution in [2.24, 2.45) is 0 Å². The van der Waals surface area contributed by atoms with Gasteiger partial charge >= 0.3 is 0 Å². The minimum absolute atomic E-state index is 0.0657. The number of hydrogen-bond donors (Lipinski definition) is 3. The van der Waals surface area contributed by atoms with Gasteiger partial charge in [-0.1, -0.05) is 6.07 Å². The molecule has 0 unspecified atom stereocenters. The first-order valence-electron chi connectivity index (χ1n) is 5.67. The summed E-state index contributed by atoms with van der Waals surface area (Å²) in [7, 11) is 0. The van der Waals surface area contributed by atoms with E-state index in [9.17, 15) is 9.90 Å². The lowest BCUT2D eigenvalue weighted by Crippen LogP contribution is -2.23. The first kappa shape index (κ1) is 12.4. The van der Waals surface area contributed by atoms with Crippen molar-refractivity contribution < 1.29 is 9.90 Å². The van der Waals surface area contributed by atoms with Crippen LogP contribution >= 0.6 is 15.9 Å². The van der Waals surface area contributed by atoms with Crippen LogP contribution < -0.4 is 10.6 Å². The number of rotatable bonds is 5. The molecule has 0 heterocycles. The number of nitrogens with one attached hydrogen (secondary N) is 2. The number of aromatic hydroxyl groups is 1. The van der Waals surface area contributed by atoms with Crippen LogP contribution in [0, 0.1) is 0 Å². The maximum Gasteiger partial charge on any atom is 0.225 e. The fourth-order valence-corrected chi connectivity index (χ4v) is 1.87.